The molecule has 0 saturated heterocycles. The van der Waals surface area contributed by atoms with E-state index in [9.17, 15) is 4.39 Å². The van der Waals surface area contributed by atoms with Gasteiger partial charge in [-0.15, -0.1) is 0 Å². The predicted molar refractivity (Wildman–Crippen MR) is 80.7 cm³/mol. The van der Waals surface area contributed by atoms with Gasteiger partial charge in [-0.05, 0) is 29.7 Å². The highest BCUT2D eigenvalue weighted by atomic mass is 19.1. The average Bonchev–Trinajstić information content (AvgIpc) is 3.08. The normalized spacial score (nSPS) is 12.8. The molecule has 21 heavy (non-hydrogen) atoms. The maximum absolute atomic E-state index is 14.2. The Morgan fingerprint density at radius 2 is 2.24 bits per heavy atom. The van der Waals surface area contributed by atoms with E-state index in [2.05, 4.69) is 32.7 Å². The number of aromatic amines is 1. The van der Waals surface area contributed by atoms with Crippen LogP contribution in [0.15, 0.2) is 30.3 Å². The van der Waals surface area contributed by atoms with Crippen molar-refractivity contribution in [2.75, 3.05) is 11.1 Å². The molecule has 1 aliphatic carbocycles. The maximum Gasteiger partial charge on any atom is 0.169 e. The highest BCUT2D eigenvalue weighted by Crippen LogP contribution is 2.30. The number of nitrogens with one attached hydrogen (secondary N) is 2. The fourth-order valence-corrected chi connectivity index (χ4v) is 2.57. The van der Waals surface area contributed by atoms with Gasteiger partial charge in [0.1, 0.15) is 0 Å². The van der Waals surface area contributed by atoms with Crippen LogP contribution in [-0.4, -0.2) is 15.2 Å². The first-order valence-electron chi connectivity index (χ1n) is 6.58. The molecule has 5 nitrogen and oxygen atoms in total. The third kappa shape index (κ3) is 1.84. The standard InChI is InChI=1S/C15H12FN5/c16-11-7-10-13(17)20-21-14(10)19-15(11)18-12-6-2-4-8-3-1-5-9(8)12/h1-4,6-7H,5H2,(H4,17,18,19,20,21). The fourth-order valence-electron chi connectivity index (χ4n) is 2.57. The number of nitrogens with two attached hydrogens (primary N) is 1. The number of fused-ring (bicyclic) bond motifs is 2. The number of anilines is 3. The van der Waals surface area contributed by atoms with Gasteiger partial charge in [-0.25, -0.2) is 9.37 Å². The van der Waals surface area contributed by atoms with Gasteiger partial charge in [0.25, 0.3) is 0 Å². The molecule has 0 amide bonds. The molecule has 4 N–H and O–H groups in total. The zero-order chi connectivity index (χ0) is 14.4. The van der Waals surface area contributed by atoms with Crippen LogP contribution in [0.4, 0.5) is 21.7 Å². The van der Waals surface area contributed by atoms with Crippen LogP contribution >= 0.6 is 0 Å². The molecule has 0 radical (unpaired) electrons. The fraction of sp³-hybridized carbons (Fsp3) is 0.0667. The molecule has 0 aliphatic heterocycles. The van der Waals surface area contributed by atoms with Crippen LogP contribution in [0.2, 0.25) is 0 Å². The second kappa shape index (κ2) is 4.31. The first kappa shape index (κ1) is 11.9. The van der Waals surface area contributed by atoms with E-state index in [4.69, 9.17) is 5.73 Å². The number of hydrogen-bond donors (Lipinski definition) is 3. The first-order valence-corrected chi connectivity index (χ1v) is 6.58. The predicted octanol–water partition coefficient (Wildman–Crippen LogP) is 2.99. The highest BCUT2D eigenvalue weighted by molar-refractivity contribution is 5.87. The molecule has 3 aromatic rings. The average molecular weight is 281 g/mol. The molecule has 0 spiro atoms. The largest absolute Gasteiger partial charge is 0.382 e. The van der Waals surface area contributed by atoms with E-state index in [0.29, 0.717) is 11.0 Å². The lowest BCUT2D eigenvalue weighted by atomic mass is 10.1. The van der Waals surface area contributed by atoms with Gasteiger partial charge in [-0.2, -0.15) is 5.10 Å². The summed E-state index contributed by atoms with van der Waals surface area (Å²) in [6.45, 7) is 0. The summed E-state index contributed by atoms with van der Waals surface area (Å²) >= 11 is 0. The van der Waals surface area contributed by atoms with E-state index in [1.54, 1.807) is 0 Å². The Bertz CT molecular complexity index is 881. The molecule has 2 aromatic heterocycles. The van der Waals surface area contributed by atoms with E-state index >= 15 is 0 Å². The van der Waals surface area contributed by atoms with Gasteiger partial charge >= 0.3 is 0 Å². The van der Waals surface area contributed by atoms with Crippen LogP contribution in [-0.2, 0) is 6.42 Å². The molecule has 6 heteroatoms. The summed E-state index contributed by atoms with van der Waals surface area (Å²) in [5.41, 5.74) is 9.25. The highest BCUT2D eigenvalue weighted by Gasteiger charge is 2.14. The number of pyridine rings is 1. The number of rotatable bonds is 2. The number of allylic oxidation sites excluding steroid dienone is 1. The minimum atomic E-state index is -0.459. The number of aromatic nitrogens is 3. The summed E-state index contributed by atoms with van der Waals surface area (Å²) in [7, 11) is 0. The number of nitrogens with zero attached hydrogens (tertiary/aromatic N) is 2. The summed E-state index contributed by atoms with van der Waals surface area (Å²) in [6, 6.07) is 7.22. The lowest BCUT2D eigenvalue weighted by Crippen LogP contribution is -2.01. The van der Waals surface area contributed by atoms with Crippen molar-refractivity contribution in [2.45, 2.75) is 6.42 Å². The second-order valence-electron chi connectivity index (χ2n) is 4.93. The lowest BCUT2D eigenvalue weighted by Gasteiger charge is -2.11. The first-order chi connectivity index (χ1) is 10.2. The molecule has 4 rings (SSSR count). The zero-order valence-electron chi connectivity index (χ0n) is 11.0. The minimum absolute atomic E-state index is 0.159. The van der Waals surface area contributed by atoms with Crippen molar-refractivity contribution in [3.63, 3.8) is 0 Å². The SMILES string of the molecule is Nc1n[nH]c2nc(Nc3cccc4c3CC=C4)c(F)cc12. The van der Waals surface area contributed by atoms with Crippen LogP contribution in [0.5, 0.6) is 0 Å². The van der Waals surface area contributed by atoms with Gasteiger partial charge in [0.05, 0.1) is 5.39 Å². The van der Waals surface area contributed by atoms with E-state index in [0.717, 1.165) is 23.2 Å². The van der Waals surface area contributed by atoms with Gasteiger partial charge in [0.2, 0.25) is 0 Å². The number of hydrogen-bond acceptors (Lipinski definition) is 4. The van der Waals surface area contributed by atoms with Gasteiger partial charge in [-0.1, -0.05) is 24.3 Å². The molecule has 0 saturated carbocycles. The van der Waals surface area contributed by atoms with Crippen molar-refractivity contribution in [3.05, 3.63) is 47.3 Å². The van der Waals surface area contributed by atoms with E-state index < -0.39 is 5.82 Å². The summed E-state index contributed by atoms with van der Waals surface area (Å²) < 4.78 is 14.2. The topological polar surface area (TPSA) is 79.6 Å². The van der Waals surface area contributed by atoms with Gasteiger partial charge in [0.15, 0.2) is 23.1 Å². The molecule has 0 bridgehead atoms. The number of H-pyrrole nitrogens is 1. The molecule has 0 atom stereocenters. The Balaban J connectivity index is 1.78. The van der Waals surface area contributed by atoms with Crippen LogP contribution in [0.3, 0.4) is 0 Å². The molecule has 0 fully saturated rings. The van der Waals surface area contributed by atoms with Crippen molar-refractivity contribution < 1.29 is 4.39 Å². The third-order valence-corrected chi connectivity index (χ3v) is 3.62. The molecule has 0 unspecified atom stereocenters. The maximum atomic E-state index is 14.2. The Morgan fingerprint density at radius 3 is 3.14 bits per heavy atom. The van der Waals surface area contributed by atoms with Crippen molar-refractivity contribution in [2.24, 2.45) is 0 Å². The van der Waals surface area contributed by atoms with Crippen LogP contribution in [0.25, 0.3) is 17.1 Å². The molecular formula is C15H12FN5. The van der Waals surface area contributed by atoms with E-state index in [-0.39, 0.29) is 11.6 Å². The summed E-state index contributed by atoms with van der Waals surface area (Å²) in [4.78, 5) is 4.21. The third-order valence-electron chi connectivity index (χ3n) is 3.62. The lowest BCUT2D eigenvalue weighted by molar-refractivity contribution is 0.629. The van der Waals surface area contributed by atoms with Crippen molar-refractivity contribution in [1.82, 2.24) is 15.2 Å². The molecular weight excluding hydrogens is 269 g/mol. The van der Waals surface area contributed by atoms with Crippen molar-refractivity contribution >= 4 is 34.4 Å². The molecule has 104 valence electrons. The Labute approximate surface area is 119 Å². The van der Waals surface area contributed by atoms with Crippen molar-refractivity contribution in [3.8, 4) is 0 Å². The van der Waals surface area contributed by atoms with Gasteiger partial charge < -0.3 is 11.1 Å². The molecule has 1 aromatic carbocycles. The molecule has 2 heterocycles. The van der Waals surface area contributed by atoms with Crippen LogP contribution < -0.4 is 11.1 Å². The molecule has 1 aliphatic rings. The van der Waals surface area contributed by atoms with Gasteiger partial charge in [0, 0.05) is 5.69 Å². The summed E-state index contributed by atoms with van der Waals surface area (Å²) in [6.07, 6.45) is 4.97. The Kier molecular flexibility index (Phi) is 2.44. The minimum Gasteiger partial charge on any atom is -0.382 e. The zero-order valence-corrected chi connectivity index (χ0v) is 11.0. The summed E-state index contributed by atoms with van der Waals surface area (Å²) in [5, 5.41) is 10.1. The van der Waals surface area contributed by atoms with Gasteiger partial charge in [-0.3, -0.25) is 5.10 Å². The summed E-state index contributed by atoms with van der Waals surface area (Å²) in [5.74, 6) is -0.0571. The number of benzene rings is 1. The number of nitrogen functional groups attached to an aromatic ring is 1. The van der Waals surface area contributed by atoms with E-state index in [1.807, 2.05) is 18.2 Å². The Hall–Kier alpha value is -2.89. The van der Waals surface area contributed by atoms with Crippen molar-refractivity contribution in [1.29, 1.82) is 0 Å². The Morgan fingerprint density at radius 1 is 1.33 bits per heavy atom. The monoisotopic (exact) mass is 281 g/mol. The quantitative estimate of drug-likeness (QED) is 0.674. The second-order valence-corrected chi connectivity index (χ2v) is 4.93. The van der Waals surface area contributed by atoms with Crippen LogP contribution in [0, 0.1) is 5.82 Å². The van der Waals surface area contributed by atoms with E-state index in [1.165, 1.54) is 6.07 Å². The smallest absolute Gasteiger partial charge is 0.169 e. The van der Waals surface area contributed by atoms with Crippen LogP contribution in [0.1, 0.15) is 11.1 Å². The number of halogens is 1.